The molecule has 0 aliphatic heterocycles. The molecule has 0 saturated carbocycles. The summed E-state index contributed by atoms with van der Waals surface area (Å²) in [5.74, 6) is 1.84. The molecular weight excluding hydrogens is 180 g/mol. The van der Waals surface area contributed by atoms with Crippen molar-refractivity contribution in [1.29, 1.82) is 0 Å². The van der Waals surface area contributed by atoms with Gasteiger partial charge in [-0.1, -0.05) is 65.0 Å². The highest BCUT2D eigenvalue weighted by Gasteiger charge is 2.09. The fraction of sp³-hybridized carbons (Fsp3) is 0.867. The summed E-state index contributed by atoms with van der Waals surface area (Å²) in [6.45, 7) is 9.16. The summed E-state index contributed by atoms with van der Waals surface area (Å²) in [5, 5.41) is 0. The van der Waals surface area contributed by atoms with E-state index in [1.807, 2.05) is 0 Å². The normalized spacial score (nSPS) is 15.7. The topological polar surface area (TPSA) is 0 Å². The second-order valence-electron chi connectivity index (χ2n) is 4.92. The second-order valence-corrected chi connectivity index (χ2v) is 4.92. The van der Waals surface area contributed by atoms with Crippen molar-refractivity contribution in [2.45, 2.75) is 72.6 Å². The van der Waals surface area contributed by atoms with Crippen LogP contribution < -0.4 is 0 Å². The van der Waals surface area contributed by atoms with Crippen LogP contribution in [-0.2, 0) is 0 Å². The van der Waals surface area contributed by atoms with E-state index in [0.29, 0.717) is 0 Å². The van der Waals surface area contributed by atoms with Crippen molar-refractivity contribution < 1.29 is 0 Å². The van der Waals surface area contributed by atoms with Gasteiger partial charge in [0, 0.05) is 0 Å². The molecular formula is C15H30. The average Bonchev–Trinajstić information content (AvgIpc) is 2.24. The van der Waals surface area contributed by atoms with E-state index < -0.39 is 0 Å². The first kappa shape index (κ1) is 14.7. The lowest BCUT2D eigenvalue weighted by Crippen LogP contribution is -2.05. The number of hydrogen-bond donors (Lipinski definition) is 0. The molecule has 0 amide bonds. The molecule has 0 aromatic rings. The summed E-state index contributed by atoms with van der Waals surface area (Å²) < 4.78 is 0. The zero-order valence-electron chi connectivity index (χ0n) is 11.3. The maximum Gasteiger partial charge on any atom is -0.0322 e. The molecule has 15 heavy (non-hydrogen) atoms. The minimum Gasteiger partial charge on any atom is -0.0917 e. The highest BCUT2D eigenvalue weighted by atomic mass is 14.2. The Balaban J connectivity index is 3.64. The second kappa shape index (κ2) is 10.3. The summed E-state index contributed by atoms with van der Waals surface area (Å²) >= 11 is 0. The molecule has 0 radical (unpaired) electrons. The quantitative estimate of drug-likeness (QED) is 0.344. The molecule has 0 bridgehead atoms. The lowest BCUT2D eigenvalue weighted by molar-refractivity contribution is 0.358. The number of rotatable bonds is 9. The zero-order valence-corrected chi connectivity index (χ0v) is 11.3. The Bertz CT molecular complexity index is 146. The molecule has 0 aromatic carbocycles. The third-order valence-electron chi connectivity index (χ3n) is 3.32. The molecule has 0 heteroatoms. The highest BCUT2D eigenvalue weighted by molar-refractivity contribution is 4.80. The van der Waals surface area contributed by atoms with Crippen molar-refractivity contribution in [2.24, 2.45) is 11.8 Å². The van der Waals surface area contributed by atoms with E-state index in [4.69, 9.17) is 0 Å². The Morgan fingerprint density at radius 2 is 1.87 bits per heavy atom. The van der Waals surface area contributed by atoms with Crippen LogP contribution in [0.15, 0.2) is 12.2 Å². The van der Waals surface area contributed by atoms with Gasteiger partial charge in [0.25, 0.3) is 0 Å². The number of unbranched alkanes of at least 4 members (excludes halogenated alkanes) is 2. The SMILES string of the molecule is C/C=C/CC(CC)CC(C)CCCCC. The van der Waals surface area contributed by atoms with Gasteiger partial charge in [-0.15, -0.1) is 0 Å². The smallest absolute Gasteiger partial charge is 0.0322 e. The molecule has 0 heterocycles. The van der Waals surface area contributed by atoms with Gasteiger partial charge < -0.3 is 0 Å². The summed E-state index contributed by atoms with van der Waals surface area (Å²) in [5.41, 5.74) is 0. The van der Waals surface area contributed by atoms with Crippen molar-refractivity contribution in [3.8, 4) is 0 Å². The molecule has 0 nitrogen and oxygen atoms in total. The first-order chi connectivity index (χ1) is 7.24. The molecule has 0 rings (SSSR count). The third-order valence-corrected chi connectivity index (χ3v) is 3.32. The fourth-order valence-corrected chi connectivity index (χ4v) is 2.19. The molecule has 0 aromatic heterocycles. The van der Waals surface area contributed by atoms with Crippen LogP contribution in [0.5, 0.6) is 0 Å². The van der Waals surface area contributed by atoms with E-state index in [1.54, 1.807) is 0 Å². The van der Waals surface area contributed by atoms with Gasteiger partial charge in [-0.2, -0.15) is 0 Å². The Morgan fingerprint density at radius 1 is 1.13 bits per heavy atom. The van der Waals surface area contributed by atoms with E-state index in [1.165, 1.54) is 44.9 Å². The van der Waals surface area contributed by atoms with Crippen molar-refractivity contribution in [1.82, 2.24) is 0 Å². The minimum absolute atomic E-state index is 0.915. The third kappa shape index (κ3) is 8.72. The van der Waals surface area contributed by atoms with E-state index in [-0.39, 0.29) is 0 Å². The van der Waals surface area contributed by atoms with Gasteiger partial charge in [0.2, 0.25) is 0 Å². The maximum atomic E-state index is 2.42. The minimum atomic E-state index is 0.915. The van der Waals surface area contributed by atoms with Crippen LogP contribution in [0.2, 0.25) is 0 Å². The molecule has 0 fully saturated rings. The van der Waals surface area contributed by atoms with E-state index in [0.717, 1.165) is 11.8 Å². The molecule has 0 aliphatic rings. The van der Waals surface area contributed by atoms with Crippen molar-refractivity contribution >= 4 is 0 Å². The van der Waals surface area contributed by atoms with E-state index in [9.17, 15) is 0 Å². The van der Waals surface area contributed by atoms with Gasteiger partial charge in [-0.05, 0) is 31.6 Å². The highest BCUT2D eigenvalue weighted by Crippen LogP contribution is 2.23. The molecule has 2 atom stereocenters. The summed E-state index contributed by atoms with van der Waals surface area (Å²) in [6.07, 6.45) is 14.2. The van der Waals surface area contributed by atoms with Gasteiger partial charge in [0.1, 0.15) is 0 Å². The Kier molecular flexibility index (Phi) is 10.1. The largest absolute Gasteiger partial charge is 0.0917 e. The Labute approximate surface area is 97.2 Å². The van der Waals surface area contributed by atoms with Crippen molar-refractivity contribution in [3.05, 3.63) is 12.2 Å². The lowest BCUT2D eigenvalue weighted by atomic mass is 9.88. The van der Waals surface area contributed by atoms with Crippen molar-refractivity contribution in [2.75, 3.05) is 0 Å². The van der Waals surface area contributed by atoms with Crippen LogP contribution in [0.4, 0.5) is 0 Å². The Hall–Kier alpha value is -0.260. The van der Waals surface area contributed by atoms with Crippen LogP contribution in [-0.4, -0.2) is 0 Å². The summed E-state index contributed by atoms with van der Waals surface area (Å²) in [6, 6.07) is 0. The van der Waals surface area contributed by atoms with Crippen LogP contribution in [0.1, 0.15) is 72.6 Å². The predicted molar refractivity (Wildman–Crippen MR) is 71.1 cm³/mol. The average molecular weight is 210 g/mol. The van der Waals surface area contributed by atoms with Gasteiger partial charge in [0.15, 0.2) is 0 Å². The Morgan fingerprint density at radius 3 is 2.40 bits per heavy atom. The summed E-state index contributed by atoms with van der Waals surface area (Å²) in [7, 11) is 0. The monoisotopic (exact) mass is 210 g/mol. The molecule has 2 unspecified atom stereocenters. The van der Waals surface area contributed by atoms with Crippen LogP contribution >= 0.6 is 0 Å². The van der Waals surface area contributed by atoms with Gasteiger partial charge >= 0.3 is 0 Å². The molecule has 0 saturated heterocycles. The molecule has 90 valence electrons. The van der Waals surface area contributed by atoms with Gasteiger partial charge in [-0.25, -0.2) is 0 Å². The first-order valence-electron chi connectivity index (χ1n) is 6.85. The maximum absolute atomic E-state index is 2.42. The van der Waals surface area contributed by atoms with Crippen molar-refractivity contribution in [3.63, 3.8) is 0 Å². The number of allylic oxidation sites excluding steroid dienone is 2. The van der Waals surface area contributed by atoms with E-state index in [2.05, 4.69) is 39.8 Å². The van der Waals surface area contributed by atoms with Gasteiger partial charge in [0.05, 0.1) is 0 Å². The van der Waals surface area contributed by atoms with E-state index >= 15 is 0 Å². The standard InChI is InChI=1S/C15H30/c1-5-8-10-11-14(4)13-15(7-3)12-9-6-2/h6,9,14-15H,5,7-8,10-13H2,1-4H3/b9-6+. The first-order valence-corrected chi connectivity index (χ1v) is 6.85. The van der Waals surface area contributed by atoms with Crippen LogP contribution in [0, 0.1) is 11.8 Å². The predicted octanol–water partition coefficient (Wildman–Crippen LogP) is 5.59. The molecule has 0 spiro atoms. The fourth-order valence-electron chi connectivity index (χ4n) is 2.19. The zero-order chi connectivity index (χ0) is 11.5. The molecule has 0 aliphatic carbocycles. The van der Waals surface area contributed by atoms with Crippen LogP contribution in [0.25, 0.3) is 0 Å². The lowest BCUT2D eigenvalue weighted by Gasteiger charge is -2.18. The molecule has 0 N–H and O–H groups in total. The summed E-state index contributed by atoms with van der Waals surface area (Å²) in [4.78, 5) is 0. The number of hydrogen-bond acceptors (Lipinski definition) is 0. The van der Waals surface area contributed by atoms with Gasteiger partial charge in [-0.3, -0.25) is 0 Å². The van der Waals surface area contributed by atoms with Crippen LogP contribution in [0.3, 0.4) is 0 Å².